The summed E-state index contributed by atoms with van der Waals surface area (Å²) in [6.07, 6.45) is 84.3. The fourth-order valence-corrected chi connectivity index (χ4v) is 9.58. The minimum atomic E-state index is -4.65. The number of nitrogens with zero attached hydrogens (tertiary/aromatic N) is 1. The number of rotatable bonds is 59. The summed E-state index contributed by atoms with van der Waals surface area (Å²) in [6.45, 7) is 4.03. The summed E-state index contributed by atoms with van der Waals surface area (Å²) >= 11 is 0. The first-order valence-electron chi connectivity index (χ1n) is 32.6. The second-order valence-electron chi connectivity index (χ2n) is 22.7. The van der Waals surface area contributed by atoms with E-state index in [0.717, 1.165) is 96.3 Å². The van der Waals surface area contributed by atoms with Crippen molar-refractivity contribution < 1.29 is 42.1 Å². The minimum Gasteiger partial charge on any atom is -0.756 e. The van der Waals surface area contributed by atoms with Crippen LogP contribution in [0, 0.1) is 0 Å². The molecule has 0 aliphatic rings. The molecule has 0 aromatic heterocycles. The second kappa shape index (κ2) is 60.3. The van der Waals surface area contributed by atoms with E-state index in [4.69, 9.17) is 18.5 Å². The predicted molar refractivity (Wildman–Crippen MR) is 342 cm³/mol. The fourth-order valence-electron chi connectivity index (χ4n) is 8.85. The summed E-state index contributed by atoms with van der Waals surface area (Å²) in [5, 5.41) is 0. The molecule has 80 heavy (non-hydrogen) atoms. The second-order valence-corrected chi connectivity index (χ2v) is 24.1. The Kier molecular flexibility index (Phi) is 57.8. The normalized spacial score (nSPS) is 13.9. The van der Waals surface area contributed by atoms with Crippen LogP contribution in [0.2, 0.25) is 0 Å². The highest BCUT2D eigenvalue weighted by atomic mass is 31.2. The number of phosphoric acid groups is 1. The van der Waals surface area contributed by atoms with E-state index in [1.54, 1.807) is 0 Å². The molecule has 460 valence electrons. The molecule has 0 radical (unpaired) electrons. The number of carbonyl (C=O) groups is 2. The van der Waals surface area contributed by atoms with Gasteiger partial charge in [-0.3, -0.25) is 14.2 Å². The molecule has 0 rings (SSSR count). The van der Waals surface area contributed by atoms with Gasteiger partial charge in [0.1, 0.15) is 19.8 Å². The smallest absolute Gasteiger partial charge is 0.306 e. The Bertz CT molecular complexity index is 1720. The number of ether oxygens (including phenoxy) is 2. The van der Waals surface area contributed by atoms with Crippen LogP contribution in [-0.4, -0.2) is 70.0 Å². The fraction of sp³-hybridized carbons (Fsp3) is 0.714. The van der Waals surface area contributed by atoms with Gasteiger partial charge in [-0.2, -0.15) is 0 Å². The van der Waals surface area contributed by atoms with E-state index >= 15 is 0 Å². The van der Waals surface area contributed by atoms with Crippen LogP contribution in [0.1, 0.15) is 271 Å². The zero-order valence-electron chi connectivity index (χ0n) is 52.2. The molecule has 0 aliphatic heterocycles. The van der Waals surface area contributed by atoms with Gasteiger partial charge in [0.2, 0.25) is 0 Å². The predicted octanol–water partition coefficient (Wildman–Crippen LogP) is 20.3. The maximum Gasteiger partial charge on any atom is 0.306 e. The molecule has 9 nitrogen and oxygen atoms in total. The molecule has 2 atom stereocenters. The highest BCUT2D eigenvalue weighted by molar-refractivity contribution is 7.45. The molecule has 0 heterocycles. The van der Waals surface area contributed by atoms with Crippen molar-refractivity contribution in [2.75, 3.05) is 47.5 Å². The first kappa shape index (κ1) is 76.7. The Balaban J connectivity index is 4.09. The molecular weight excluding hydrogens is 1010 g/mol. The van der Waals surface area contributed by atoms with Crippen molar-refractivity contribution >= 4 is 19.8 Å². The van der Waals surface area contributed by atoms with Gasteiger partial charge < -0.3 is 27.9 Å². The summed E-state index contributed by atoms with van der Waals surface area (Å²) in [6, 6.07) is 0. The Labute approximate surface area is 493 Å². The van der Waals surface area contributed by atoms with Crippen LogP contribution in [0.15, 0.2) is 109 Å². The summed E-state index contributed by atoms with van der Waals surface area (Å²) in [7, 11) is 1.16. The molecule has 2 unspecified atom stereocenters. The Morgan fingerprint density at radius 3 is 1.00 bits per heavy atom. The molecule has 0 amide bonds. The van der Waals surface area contributed by atoms with E-state index in [-0.39, 0.29) is 32.0 Å². The summed E-state index contributed by atoms with van der Waals surface area (Å²) in [5.41, 5.74) is 0. The molecule has 0 aliphatic carbocycles. The van der Waals surface area contributed by atoms with Crippen LogP contribution in [0.5, 0.6) is 0 Å². The maximum absolute atomic E-state index is 12.8. The van der Waals surface area contributed by atoms with E-state index in [2.05, 4.69) is 123 Å². The van der Waals surface area contributed by atoms with Gasteiger partial charge in [-0.25, -0.2) is 0 Å². The SMILES string of the molecule is CC/C=C\C/C=C\C/C=C\C/C=C\C/C=C\CCCCCCCCCCCCCCCCCC(=O)OC(COC(=O)CCCCCCCCCCCCCC/C=C\C/C=C\C/C=C\C/C=C\CC)COP(=O)([O-])OCC[N+](C)(C)C. The summed E-state index contributed by atoms with van der Waals surface area (Å²) in [4.78, 5) is 38.0. The molecule has 0 fully saturated rings. The van der Waals surface area contributed by atoms with Gasteiger partial charge in [0, 0.05) is 12.8 Å². The summed E-state index contributed by atoms with van der Waals surface area (Å²) < 4.78 is 34.3. The topological polar surface area (TPSA) is 111 Å². The average molecular weight is 1140 g/mol. The Morgan fingerprint density at radius 1 is 0.388 bits per heavy atom. The first-order chi connectivity index (χ1) is 39.0. The molecule has 0 N–H and O–H groups in total. The highest BCUT2D eigenvalue weighted by Crippen LogP contribution is 2.38. The number of hydrogen-bond acceptors (Lipinski definition) is 8. The van der Waals surface area contributed by atoms with Crippen molar-refractivity contribution in [1.82, 2.24) is 0 Å². The lowest BCUT2D eigenvalue weighted by molar-refractivity contribution is -0.870. The lowest BCUT2D eigenvalue weighted by Crippen LogP contribution is -2.37. The number of carbonyl (C=O) groups excluding carboxylic acids is 2. The van der Waals surface area contributed by atoms with Crippen molar-refractivity contribution in [1.29, 1.82) is 0 Å². The van der Waals surface area contributed by atoms with E-state index in [0.29, 0.717) is 17.4 Å². The molecule has 0 saturated carbocycles. The van der Waals surface area contributed by atoms with Crippen LogP contribution in [0.4, 0.5) is 0 Å². The van der Waals surface area contributed by atoms with Gasteiger partial charge in [0.05, 0.1) is 27.7 Å². The van der Waals surface area contributed by atoms with Crippen molar-refractivity contribution in [3.8, 4) is 0 Å². The van der Waals surface area contributed by atoms with Gasteiger partial charge in [-0.05, 0) is 96.3 Å². The van der Waals surface area contributed by atoms with E-state index < -0.39 is 26.5 Å². The van der Waals surface area contributed by atoms with Gasteiger partial charge in [-0.1, -0.05) is 271 Å². The number of phosphoric ester groups is 1. The minimum absolute atomic E-state index is 0.0347. The van der Waals surface area contributed by atoms with Gasteiger partial charge >= 0.3 is 11.9 Å². The van der Waals surface area contributed by atoms with Crippen LogP contribution in [0.3, 0.4) is 0 Å². The molecule has 0 spiro atoms. The zero-order valence-corrected chi connectivity index (χ0v) is 53.1. The maximum atomic E-state index is 12.8. The molecule has 10 heteroatoms. The molecule has 0 aromatic carbocycles. The zero-order chi connectivity index (χ0) is 58.4. The average Bonchev–Trinajstić information content (AvgIpc) is 3.42. The number of allylic oxidation sites excluding steroid dienone is 18. The van der Waals surface area contributed by atoms with Crippen molar-refractivity contribution in [3.05, 3.63) is 109 Å². The van der Waals surface area contributed by atoms with Crippen molar-refractivity contribution in [3.63, 3.8) is 0 Å². The van der Waals surface area contributed by atoms with Gasteiger partial charge in [-0.15, -0.1) is 0 Å². The van der Waals surface area contributed by atoms with E-state index in [1.807, 2.05) is 21.1 Å². The third-order valence-electron chi connectivity index (χ3n) is 13.8. The molecular formula is C70H122NO8P. The van der Waals surface area contributed by atoms with Crippen LogP contribution in [-0.2, 0) is 32.7 Å². The Hall–Kier alpha value is -3.33. The lowest BCUT2D eigenvalue weighted by Gasteiger charge is -2.28. The number of hydrogen-bond donors (Lipinski definition) is 0. The van der Waals surface area contributed by atoms with E-state index in [1.165, 1.54) is 141 Å². The first-order valence-corrected chi connectivity index (χ1v) is 34.1. The van der Waals surface area contributed by atoms with Crippen LogP contribution in [0.25, 0.3) is 0 Å². The quantitative estimate of drug-likeness (QED) is 0.0195. The standard InChI is InChI=1S/C70H122NO8P/c1-6-8-10-12-14-16-18-20-22-24-26-28-30-32-33-34-35-36-37-39-41-43-45-47-49-51-53-55-57-59-61-63-70(73)79-68(67-78-80(74,75)77-65-64-71(3,4)5)66-76-69(72)62-60-58-56-54-52-50-48-46-44-42-40-38-31-29-27-25-23-21-19-17-15-13-11-9-7-2/h8-11,14-17,20-23,26-29,32-33,68H,6-7,12-13,18-19,24-25,30-31,34-67H2,1-5H3/b10-8-,11-9-,16-14-,17-15-,22-20-,23-21-,28-26-,29-27-,33-32-. The van der Waals surface area contributed by atoms with Gasteiger partial charge in [0.15, 0.2) is 6.10 Å². The Morgan fingerprint density at radius 2 is 0.675 bits per heavy atom. The largest absolute Gasteiger partial charge is 0.756 e. The van der Waals surface area contributed by atoms with Gasteiger partial charge in [0.25, 0.3) is 7.82 Å². The number of likely N-dealkylation sites (N-methyl/N-ethyl adjacent to an activating group) is 1. The third-order valence-corrected chi connectivity index (χ3v) is 14.8. The lowest BCUT2D eigenvalue weighted by atomic mass is 10.0. The molecule has 0 bridgehead atoms. The van der Waals surface area contributed by atoms with Crippen LogP contribution >= 0.6 is 7.82 Å². The third kappa shape index (κ3) is 63.8. The number of unbranched alkanes of at least 4 members (excludes halogenated alkanes) is 27. The van der Waals surface area contributed by atoms with Crippen molar-refractivity contribution in [2.45, 2.75) is 277 Å². The van der Waals surface area contributed by atoms with E-state index in [9.17, 15) is 19.0 Å². The highest BCUT2D eigenvalue weighted by Gasteiger charge is 2.22. The molecule has 0 saturated heterocycles. The number of quaternary nitrogens is 1. The van der Waals surface area contributed by atoms with Crippen molar-refractivity contribution in [2.24, 2.45) is 0 Å². The van der Waals surface area contributed by atoms with Crippen LogP contribution < -0.4 is 4.89 Å². The number of esters is 2. The molecule has 0 aromatic rings. The summed E-state index contributed by atoms with van der Waals surface area (Å²) in [5.74, 6) is -0.833. The monoisotopic (exact) mass is 1140 g/mol.